The summed E-state index contributed by atoms with van der Waals surface area (Å²) in [6.45, 7) is 2.58. The van der Waals surface area contributed by atoms with Crippen molar-refractivity contribution in [2.24, 2.45) is 5.92 Å². The molecule has 1 aromatic carbocycles. The van der Waals surface area contributed by atoms with Crippen molar-refractivity contribution in [3.05, 3.63) is 65.7 Å². The lowest BCUT2D eigenvalue weighted by Crippen LogP contribution is -2.23. The van der Waals surface area contributed by atoms with Gasteiger partial charge in [-0.15, -0.1) is 0 Å². The Labute approximate surface area is 161 Å². The van der Waals surface area contributed by atoms with E-state index in [0.717, 1.165) is 11.3 Å². The van der Waals surface area contributed by atoms with Gasteiger partial charge in [0.25, 0.3) is 0 Å². The van der Waals surface area contributed by atoms with Crippen LogP contribution in [0.4, 0.5) is 10.1 Å². The molecule has 0 amide bonds. The zero-order chi connectivity index (χ0) is 19.7. The molecule has 0 radical (unpaired) electrons. The maximum atomic E-state index is 13.8. The number of hydrogen-bond donors (Lipinski definition) is 0. The van der Waals surface area contributed by atoms with Gasteiger partial charge in [-0.2, -0.15) is 10.4 Å². The number of hydrogen-bond acceptors (Lipinski definition) is 5. The van der Waals surface area contributed by atoms with Crippen molar-refractivity contribution >= 4 is 17.2 Å². The number of fused-ring (bicyclic) bond motifs is 1. The molecule has 2 aromatic heterocycles. The third-order valence-corrected chi connectivity index (χ3v) is 5.05. The average molecular weight is 378 g/mol. The van der Waals surface area contributed by atoms with Crippen LogP contribution >= 0.6 is 0 Å². The summed E-state index contributed by atoms with van der Waals surface area (Å²) in [5.41, 5.74) is 2.71. The number of anilines is 1. The van der Waals surface area contributed by atoms with Crippen LogP contribution in [0.1, 0.15) is 35.3 Å². The lowest BCUT2D eigenvalue weighted by Gasteiger charge is -2.27. The Morgan fingerprint density at radius 2 is 2.25 bits per heavy atom. The van der Waals surface area contributed by atoms with Gasteiger partial charge >= 0.3 is 5.97 Å². The Morgan fingerprint density at radius 1 is 1.39 bits per heavy atom. The normalized spacial score (nSPS) is 19.0. The van der Waals surface area contributed by atoms with Gasteiger partial charge in [0.05, 0.1) is 36.3 Å². The van der Waals surface area contributed by atoms with Gasteiger partial charge < -0.3 is 9.64 Å². The monoisotopic (exact) mass is 378 g/mol. The third kappa shape index (κ3) is 3.18. The summed E-state index contributed by atoms with van der Waals surface area (Å²) >= 11 is 0. The SMILES string of the molecule is CCOC(=O)c1cnn2ccc(N3C[C@@H](C#N)C[C@@H]3c3cccc(F)c3)cc12. The van der Waals surface area contributed by atoms with Gasteiger partial charge in [-0.05, 0) is 43.2 Å². The Balaban J connectivity index is 1.75. The van der Waals surface area contributed by atoms with E-state index in [2.05, 4.69) is 16.1 Å². The molecule has 28 heavy (non-hydrogen) atoms. The second-order valence-corrected chi connectivity index (χ2v) is 6.78. The number of halogens is 1. The minimum absolute atomic E-state index is 0.114. The van der Waals surface area contributed by atoms with Crippen molar-refractivity contribution in [1.82, 2.24) is 9.61 Å². The van der Waals surface area contributed by atoms with Gasteiger partial charge in [-0.3, -0.25) is 0 Å². The van der Waals surface area contributed by atoms with Crippen molar-refractivity contribution in [3.8, 4) is 6.07 Å². The van der Waals surface area contributed by atoms with Crippen LogP contribution in [-0.2, 0) is 4.74 Å². The van der Waals surface area contributed by atoms with Gasteiger partial charge in [0.15, 0.2) is 0 Å². The van der Waals surface area contributed by atoms with Crippen LogP contribution in [-0.4, -0.2) is 28.7 Å². The van der Waals surface area contributed by atoms with Gasteiger partial charge in [-0.25, -0.2) is 13.7 Å². The molecule has 1 aliphatic heterocycles. The molecule has 2 atom stereocenters. The van der Waals surface area contributed by atoms with E-state index >= 15 is 0 Å². The van der Waals surface area contributed by atoms with Crippen LogP contribution in [0.2, 0.25) is 0 Å². The van der Waals surface area contributed by atoms with E-state index in [1.165, 1.54) is 18.3 Å². The molecular formula is C21H19FN4O2. The Bertz CT molecular complexity index is 1070. The lowest BCUT2D eigenvalue weighted by molar-refractivity contribution is 0.0528. The first-order valence-electron chi connectivity index (χ1n) is 9.17. The number of rotatable bonds is 4. The summed E-state index contributed by atoms with van der Waals surface area (Å²) in [4.78, 5) is 14.3. The van der Waals surface area contributed by atoms with E-state index in [1.54, 1.807) is 23.7 Å². The van der Waals surface area contributed by atoms with E-state index in [-0.39, 0.29) is 24.4 Å². The highest BCUT2D eigenvalue weighted by atomic mass is 19.1. The standard InChI is InChI=1S/C21H19FN4O2/c1-2-28-21(27)18-12-24-26-7-6-17(10-20(18)26)25-13-14(11-23)8-19(25)15-4-3-5-16(22)9-15/h3-7,9-10,12,14,19H,2,8,13H2,1H3/t14-,19-/m1/s1. The summed E-state index contributed by atoms with van der Waals surface area (Å²) in [5.74, 6) is -0.875. The summed E-state index contributed by atoms with van der Waals surface area (Å²) in [5, 5.41) is 13.6. The van der Waals surface area contributed by atoms with E-state index in [0.29, 0.717) is 24.0 Å². The molecule has 1 saturated heterocycles. The molecular weight excluding hydrogens is 359 g/mol. The second kappa shape index (κ2) is 7.31. The molecule has 3 aromatic rings. The minimum atomic E-state index is -0.423. The predicted octanol–water partition coefficient (Wildman–Crippen LogP) is 3.74. The summed E-state index contributed by atoms with van der Waals surface area (Å²) < 4.78 is 20.5. The van der Waals surface area contributed by atoms with Gasteiger partial charge in [-0.1, -0.05) is 12.1 Å². The van der Waals surface area contributed by atoms with Crippen LogP contribution in [0.25, 0.3) is 5.52 Å². The smallest absolute Gasteiger partial charge is 0.341 e. The van der Waals surface area contributed by atoms with Gasteiger partial charge in [0.2, 0.25) is 0 Å². The lowest BCUT2D eigenvalue weighted by atomic mass is 10.0. The van der Waals surface area contributed by atoms with Gasteiger partial charge in [0.1, 0.15) is 11.4 Å². The third-order valence-electron chi connectivity index (χ3n) is 5.05. The number of aromatic nitrogens is 2. The van der Waals surface area contributed by atoms with E-state index < -0.39 is 5.97 Å². The van der Waals surface area contributed by atoms with Crippen LogP contribution < -0.4 is 4.90 Å². The topological polar surface area (TPSA) is 70.6 Å². The number of nitriles is 1. The van der Waals surface area contributed by atoms with Crippen LogP contribution in [0.15, 0.2) is 48.8 Å². The molecule has 0 bridgehead atoms. The second-order valence-electron chi connectivity index (χ2n) is 6.78. The van der Waals surface area contributed by atoms with Crippen molar-refractivity contribution in [2.45, 2.75) is 19.4 Å². The van der Waals surface area contributed by atoms with Gasteiger partial charge in [0, 0.05) is 18.4 Å². The Morgan fingerprint density at radius 3 is 3.00 bits per heavy atom. The molecule has 3 heterocycles. The number of ether oxygens (including phenoxy) is 1. The van der Waals surface area contributed by atoms with Crippen molar-refractivity contribution in [1.29, 1.82) is 5.26 Å². The van der Waals surface area contributed by atoms with E-state index in [9.17, 15) is 14.4 Å². The highest BCUT2D eigenvalue weighted by Gasteiger charge is 2.34. The molecule has 0 aliphatic carbocycles. The molecule has 0 saturated carbocycles. The maximum Gasteiger partial charge on any atom is 0.341 e. The van der Waals surface area contributed by atoms with Crippen molar-refractivity contribution in [2.75, 3.05) is 18.1 Å². The first-order chi connectivity index (χ1) is 13.6. The molecule has 0 spiro atoms. The maximum absolute atomic E-state index is 13.8. The molecule has 1 fully saturated rings. The fraction of sp³-hybridized carbons (Fsp3) is 0.286. The van der Waals surface area contributed by atoms with Crippen molar-refractivity contribution in [3.63, 3.8) is 0 Å². The minimum Gasteiger partial charge on any atom is -0.462 e. The Hall–Kier alpha value is -3.40. The van der Waals surface area contributed by atoms with Crippen LogP contribution in [0.5, 0.6) is 0 Å². The molecule has 1 aliphatic rings. The Kier molecular flexibility index (Phi) is 4.70. The van der Waals surface area contributed by atoms with Crippen LogP contribution in [0.3, 0.4) is 0 Å². The quantitative estimate of drug-likeness (QED) is 0.647. The zero-order valence-corrected chi connectivity index (χ0v) is 15.4. The molecule has 142 valence electrons. The largest absolute Gasteiger partial charge is 0.462 e. The molecule has 7 heteroatoms. The first kappa shape index (κ1) is 18.0. The number of nitrogens with zero attached hydrogens (tertiary/aromatic N) is 4. The number of carbonyl (C=O) groups is 1. The van der Waals surface area contributed by atoms with Crippen LogP contribution in [0, 0.1) is 23.1 Å². The highest BCUT2D eigenvalue weighted by Crippen LogP contribution is 2.39. The summed E-state index contributed by atoms with van der Waals surface area (Å²) in [7, 11) is 0. The van der Waals surface area contributed by atoms with Crippen molar-refractivity contribution < 1.29 is 13.9 Å². The van der Waals surface area contributed by atoms with E-state index in [1.807, 2.05) is 18.2 Å². The highest BCUT2D eigenvalue weighted by molar-refractivity contribution is 5.97. The molecule has 0 N–H and O–H groups in total. The first-order valence-corrected chi connectivity index (χ1v) is 9.17. The molecule has 6 nitrogen and oxygen atoms in total. The molecule has 0 unspecified atom stereocenters. The predicted molar refractivity (Wildman–Crippen MR) is 101 cm³/mol. The number of benzene rings is 1. The fourth-order valence-corrected chi connectivity index (χ4v) is 3.76. The molecule has 4 rings (SSSR count). The average Bonchev–Trinajstić information content (AvgIpc) is 3.32. The zero-order valence-electron chi connectivity index (χ0n) is 15.4. The fourth-order valence-electron chi connectivity index (χ4n) is 3.76. The summed E-state index contributed by atoms with van der Waals surface area (Å²) in [6.07, 6.45) is 3.88. The number of carbonyl (C=O) groups excluding carboxylic acids is 1. The van der Waals surface area contributed by atoms with E-state index in [4.69, 9.17) is 4.74 Å². The summed E-state index contributed by atoms with van der Waals surface area (Å²) in [6, 6.07) is 12.5. The number of pyridine rings is 1. The number of esters is 1.